The molecule has 0 atom stereocenters. The van der Waals surface area contributed by atoms with Crippen LogP contribution in [0.4, 0.5) is 0 Å². The van der Waals surface area contributed by atoms with E-state index in [2.05, 4.69) is 26.0 Å². The number of imidazole rings is 1. The smallest absolute Gasteiger partial charge is 0.345 e. The van der Waals surface area contributed by atoms with Gasteiger partial charge >= 0.3 is 5.69 Å². The van der Waals surface area contributed by atoms with Crippen molar-refractivity contribution >= 4 is 11.0 Å². The zero-order chi connectivity index (χ0) is 19.5. The molecule has 4 rings (SSSR count). The van der Waals surface area contributed by atoms with Crippen LogP contribution < -0.4 is 5.69 Å². The molecule has 8 heteroatoms. The van der Waals surface area contributed by atoms with Gasteiger partial charge in [0.25, 0.3) is 0 Å². The number of rotatable bonds is 7. The van der Waals surface area contributed by atoms with E-state index in [1.165, 1.54) is 0 Å². The normalized spacial score (nSPS) is 16.2. The van der Waals surface area contributed by atoms with E-state index in [1.807, 2.05) is 29.7 Å². The zero-order valence-electron chi connectivity index (χ0n) is 16.6. The molecule has 1 N–H and O–H groups in total. The lowest BCUT2D eigenvalue weighted by atomic mass is 9.96. The third-order valence-corrected chi connectivity index (χ3v) is 5.54. The van der Waals surface area contributed by atoms with Crippen molar-refractivity contribution < 1.29 is 4.74 Å². The van der Waals surface area contributed by atoms with Crippen LogP contribution in [0.25, 0.3) is 11.0 Å². The number of nitrogens with one attached hydrogen (secondary N) is 1. The van der Waals surface area contributed by atoms with Crippen molar-refractivity contribution in [3.63, 3.8) is 0 Å². The average molecular weight is 384 g/mol. The Morgan fingerprint density at radius 3 is 2.75 bits per heavy atom. The zero-order valence-corrected chi connectivity index (χ0v) is 16.6. The summed E-state index contributed by atoms with van der Waals surface area (Å²) in [4.78, 5) is 23.1. The van der Waals surface area contributed by atoms with Crippen molar-refractivity contribution in [1.82, 2.24) is 29.2 Å². The molecule has 0 radical (unpaired) electrons. The maximum Gasteiger partial charge on any atom is 0.345 e. The predicted octanol–water partition coefficient (Wildman–Crippen LogP) is 1.97. The van der Waals surface area contributed by atoms with Gasteiger partial charge in [0.2, 0.25) is 0 Å². The molecule has 28 heavy (non-hydrogen) atoms. The van der Waals surface area contributed by atoms with E-state index in [4.69, 9.17) is 4.74 Å². The van der Waals surface area contributed by atoms with Crippen LogP contribution in [-0.2, 0) is 24.4 Å². The topological polar surface area (TPSA) is 81.0 Å². The molecule has 0 unspecified atom stereocenters. The first kappa shape index (κ1) is 18.9. The number of hydrogen-bond donors (Lipinski definition) is 1. The lowest BCUT2D eigenvalue weighted by molar-refractivity contribution is 0.181. The van der Waals surface area contributed by atoms with E-state index in [-0.39, 0.29) is 5.69 Å². The first-order chi connectivity index (χ1) is 13.7. The first-order valence-corrected chi connectivity index (χ1v) is 10.0. The molecule has 1 aliphatic heterocycles. The maximum absolute atomic E-state index is 12.5. The van der Waals surface area contributed by atoms with Gasteiger partial charge in [-0.3, -0.25) is 9.47 Å². The summed E-state index contributed by atoms with van der Waals surface area (Å²) in [5.74, 6) is 2.25. The highest BCUT2D eigenvalue weighted by atomic mass is 16.5. The highest BCUT2D eigenvalue weighted by Crippen LogP contribution is 2.27. The summed E-state index contributed by atoms with van der Waals surface area (Å²) in [5, 5.41) is 4.63. The van der Waals surface area contributed by atoms with E-state index < -0.39 is 0 Å². The minimum Gasteiger partial charge on any atom is -0.383 e. The number of ether oxygens (including phenoxy) is 1. The first-order valence-electron chi connectivity index (χ1n) is 10.0. The molecule has 1 fully saturated rings. The number of aromatic amines is 1. The molecule has 3 heterocycles. The van der Waals surface area contributed by atoms with Gasteiger partial charge in [0.1, 0.15) is 11.6 Å². The number of piperidine rings is 1. The van der Waals surface area contributed by atoms with Crippen molar-refractivity contribution in [3.8, 4) is 0 Å². The van der Waals surface area contributed by atoms with Gasteiger partial charge in [-0.05, 0) is 45.0 Å². The molecular weight excluding hydrogens is 356 g/mol. The van der Waals surface area contributed by atoms with E-state index in [0.717, 1.165) is 55.2 Å². The molecule has 150 valence electrons. The van der Waals surface area contributed by atoms with Crippen LogP contribution in [0.1, 0.15) is 37.3 Å². The van der Waals surface area contributed by atoms with Crippen LogP contribution in [0, 0.1) is 0 Å². The fourth-order valence-corrected chi connectivity index (χ4v) is 4.02. The van der Waals surface area contributed by atoms with E-state index >= 15 is 0 Å². The monoisotopic (exact) mass is 384 g/mol. The third-order valence-electron chi connectivity index (χ3n) is 5.54. The van der Waals surface area contributed by atoms with Gasteiger partial charge in [-0.15, -0.1) is 0 Å². The van der Waals surface area contributed by atoms with Gasteiger partial charge in [0.15, 0.2) is 0 Å². The van der Waals surface area contributed by atoms with Crippen molar-refractivity contribution in [3.05, 3.63) is 46.4 Å². The molecule has 1 aliphatic rings. The van der Waals surface area contributed by atoms with Crippen LogP contribution in [0.2, 0.25) is 0 Å². The summed E-state index contributed by atoms with van der Waals surface area (Å²) in [5.41, 5.74) is 2.07. The van der Waals surface area contributed by atoms with Gasteiger partial charge < -0.3 is 9.72 Å². The van der Waals surface area contributed by atoms with Gasteiger partial charge in [0, 0.05) is 19.6 Å². The molecule has 0 amide bonds. The van der Waals surface area contributed by atoms with Crippen LogP contribution >= 0.6 is 0 Å². The van der Waals surface area contributed by atoms with Gasteiger partial charge in [-0.1, -0.05) is 12.1 Å². The Kier molecular flexibility index (Phi) is 5.59. The number of benzene rings is 1. The number of aromatic nitrogens is 5. The molecule has 0 aliphatic carbocycles. The number of para-hydroxylation sites is 2. The molecule has 0 spiro atoms. The number of likely N-dealkylation sites (tertiary alicyclic amines) is 1. The highest BCUT2D eigenvalue weighted by molar-refractivity contribution is 5.74. The van der Waals surface area contributed by atoms with Gasteiger partial charge in [0.05, 0.1) is 30.7 Å². The third kappa shape index (κ3) is 3.74. The molecular formula is C20H28N6O2. The summed E-state index contributed by atoms with van der Waals surface area (Å²) in [6, 6.07) is 8.12. The molecule has 1 aromatic carbocycles. The second-order valence-electron chi connectivity index (χ2n) is 7.35. The Labute approximate surface area is 164 Å². The number of H-pyrrole nitrogens is 1. The van der Waals surface area contributed by atoms with Crippen molar-refractivity contribution in [1.29, 1.82) is 0 Å². The molecule has 0 saturated carbocycles. The van der Waals surface area contributed by atoms with Gasteiger partial charge in [-0.2, -0.15) is 5.10 Å². The van der Waals surface area contributed by atoms with Crippen LogP contribution in [0.15, 0.2) is 29.1 Å². The summed E-state index contributed by atoms with van der Waals surface area (Å²) in [6.07, 6.45) is 2.00. The quantitative estimate of drug-likeness (QED) is 0.674. The van der Waals surface area contributed by atoms with E-state index in [9.17, 15) is 4.79 Å². The highest BCUT2D eigenvalue weighted by Gasteiger charge is 2.26. The SMILES string of the molecule is CCn1c(C2CCN(Cc3nc4ccccc4[nH]3)CC2)nn(CCOC)c1=O. The molecule has 2 aromatic heterocycles. The molecule has 8 nitrogen and oxygen atoms in total. The standard InChI is InChI=1S/C20H28N6O2/c1-3-25-19(23-26(20(25)27)12-13-28-2)15-8-10-24(11-9-15)14-18-21-16-6-4-5-7-17(16)22-18/h4-7,15H,3,8-14H2,1-2H3,(H,21,22). The minimum atomic E-state index is -0.0285. The second kappa shape index (κ2) is 8.28. The van der Waals surface area contributed by atoms with Crippen LogP contribution in [0.3, 0.4) is 0 Å². The lowest BCUT2D eigenvalue weighted by Gasteiger charge is -2.30. The summed E-state index contributed by atoms with van der Waals surface area (Å²) < 4.78 is 8.46. The lowest BCUT2D eigenvalue weighted by Crippen LogP contribution is -2.34. The maximum atomic E-state index is 12.5. The largest absolute Gasteiger partial charge is 0.383 e. The number of hydrogen-bond acceptors (Lipinski definition) is 5. The van der Waals surface area contributed by atoms with Crippen molar-refractivity contribution in [2.24, 2.45) is 0 Å². The Morgan fingerprint density at radius 2 is 2.04 bits per heavy atom. The van der Waals surface area contributed by atoms with Gasteiger partial charge in [-0.25, -0.2) is 14.5 Å². The Morgan fingerprint density at radius 1 is 1.25 bits per heavy atom. The van der Waals surface area contributed by atoms with Crippen molar-refractivity contribution in [2.45, 2.75) is 45.3 Å². The molecule has 3 aromatic rings. The minimum absolute atomic E-state index is 0.0285. The Hall–Kier alpha value is -2.45. The Balaban J connectivity index is 1.41. The second-order valence-corrected chi connectivity index (χ2v) is 7.35. The van der Waals surface area contributed by atoms with Crippen LogP contribution in [0.5, 0.6) is 0 Å². The van der Waals surface area contributed by atoms with E-state index in [0.29, 0.717) is 25.6 Å². The molecule has 0 bridgehead atoms. The fraction of sp³-hybridized carbons (Fsp3) is 0.550. The fourth-order valence-electron chi connectivity index (χ4n) is 4.02. The van der Waals surface area contributed by atoms with E-state index in [1.54, 1.807) is 11.8 Å². The predicted molar refractivity (Wildman–Crippen MR) is 107 cm³/mol. The van der Waals surface area contributed by atoms with Crippen LogP contribution in [-0.4, -0.2) is 56.0 Å². The summed E-state index contributed by atoms with van der Waals surface area (Å²) in [6.45, 7) is 6.43. The Bertz CT molecular complexity index is 947. The number of nitrogens with zero attached hydrogens (tertiary/aromatic N) is 5. The number of fused-ring (bicyclic) bond motifs is 1. The number of methoxy groups -OCH3 is 1. The average Bonchev–Trinajstić information content (AvgIpc) is 3.27. The summed E-state index contributed by atoms with van der Waals surface area (Å²) in [7, 11) is 1.64. The van der Waals surface area contributed by atoms with Crippen molar-refractivity contribution in [2.75, 3.05) is 26.8 Å². The summed E-state index contributed by atoms with van der Waals surface area (Å²) >= 11 is 0. The molecule has 1 saturated heterocycles.